The molecule has 37 heavy (non-hydrogen) atoms. The molecule has 4 rings (SSSR count). The zero-order chi connectivity index (χ0) is 26.7. The topological polar surface area (TPSA) is 129 Å². The predicted molar refractivity (Wildman–Crippen MR) is 141 cm³/mol. The van der Waals surface area contributed by atoms with Crippen LogP contribution in [0.25, 0.3) is 0 Å². The summed E-state index contributed by atoms with van der Waals surface area (Å²) >= 11 is 1.14. The van der Waals surface area contributed by atoms with Crippen LogP contribution in [0.1, 0.15) is 51.8 Å². The Hall–Kier alpha value is -2.01. The maximum absolute atomic E-state index is 13.7. The molecule has 1 aromatic heterocycles. The summed E-state index contributed by atoms with van der Waals surface area (Å²) in [7, 11) is -3.74. The number of benzene rings is 1. The molecular weight excluding hydrogens is 517 g/mol. The van der Waals surface area contributed by atoms with Gasteiger partial charge in [0.2, 0.25) is 0 Å². The highest BCUT2D eigenvalue weighted by Gasteiger charge is 2.57. The van der Waals surface area contributed by atoms with Crippen molar-refractivity contribution in [2.24, 2.45) is 10.8 Å². The van der Waals surface area contributed by atoms with Gasteiger partial charge in [0.25, 0.3) is 5.56 Å². The summed E-state index contributed by atoms with van der Waals surface area (Å²) in [6.45, 7) is 5.91. The molecule has 0 bridgehead atoms. The van der Waals surface area contributed by atoms with Crippen LogP contribution in [0.3, 0.4) is 0 Å². The molecule has 1 aliphatic carbocycles. The van der Waals surface area contributed by atoms with E-state index in [2.05, 4.69) is 10.1 Å². The van der Waals surface area contributed by atoms with E-state index in [1.54, 1.807) is 0 Å². The molecule has 0 amide bonds. The molecule has 2 N–H and O–H groups in total. The van der Waals surface area contributed by atoms with E-state index < -0.39 is 30.6 Å². The van der Waals surface area contributed by atoms with Gasteiger partial charge in [0.05, 0.1) is 19.3 Å². The van der Waals surface area contributed by atoms with Crippen LogP contribution in [0.5, 0.6) is 0 Å². The van der Waals surface area contributed by atoms with E-state index in [4.69, 9.17) is 13.8 Å². The third kappa shape index (κ3) is 7.31. The first kappa shape index (κ1) is 28.0. The summed E-state index contributed by atoms with van der Waals surface area (Å²) in [5.74, 6) is 0.345. The molecule has 2 heterocycles. The lowest BCUT2D eigenvalue weighted by molar-refractivity contribution is -0.117. The van der Waals surface area contributed by atoms with Crippen molar-refractivity contribution in [3.63, 3.8) is 0 Å². The van der Waals surface area contributed by atoms with E-state index in [-0.39, 0.29) is 36.4 Å². The summed E-state index contributed by atoms with van der Waals surface area (Å²) in [6.07, 6.45) is 2.91. The second kappa shape index (κ2) is 11.4. The highest BCUT2D eigenvalue weighted by atomic mass is 32.2. The molecule has 1 saturated carbocycles. The number of H-pyrrole nitrogens is 1. The van der Waals surface area contributed by atoms with Crippen molar-refractivity contribution in [1.29, 1.82) is 0 Å². The Balaban J connectivity index is 1.39. The number of nitrogens with zero attached hydrogens (tertiary/aromatic N) is 1. The van der Waals surface area contributed by atoms with Gasteiger partial charge in [-0.05, 0) is 18.4 Å². The lowest BCUT2D eigenvalue weighted by Crippen LogP contribution is -2.32. The average Bonchev–Trinajstić information content (AvgIpc) is 3.53. The summed E-state index contributed by atoms with van der Waals surface area (Å²) < 4.78 is 32.8. The number of aromatic nitrogens is 2. The quantitative estimate of drug-likeness (QED) is 0.316. The summed E-state index contributed by atoms with van der Waals surface area (Å²) in [5, 5.41) is 2.96. The van der Waals surface area contributed by atoms with Crippen molar-refractivity contribution in [1.82, 2.24) is 14.6 Å². The molecule has 2 aliphatic rings. The molecule has 0 radical (unpaired) electrons. The van der Waals surface area contributed by atoms with Gasteiger partial charge in [-0.3, -0.25) is 28.2 Å². The summed E-state index contributed by atoms with van der Waals surface area (Å²) in [6, 6.07) is 10.8. The first-order valence-electron chi connectivity index (χ1n) is 12.3. The maximum Gasteiger partial charge on any atom is 0.405 e. The largest absolute Gasteiger partial charge is 0.405 e. The third-order valence-corrected chi connectivity index (χ3v) is 9.35. The number of carbonyl (C=O) groups is 1. The first-order chi connectivity index (χ1) is 17.5. The van der Waals surface area contributed by atoms with Gasteiger partial charge in [0.1, 0.15) is 6.23 Å². The number of nitrogens with one attached hydrogen (secondary N) is 2. The Bertz CT molecular complexity index is 1250. The van der Waals surface area contributed by atoms with Gasteiger partial charge >= 0.3 is 13.4 Å². The molecule has 202 valence electrons. The van der Waals surface area contributed by atoms with Crippen LogP contribution in [0.4, 0.5) is 0 Å². The summed E-state index contributed by atoms with van der Waals surface area (Å²) in [5.41, 5.74) is -0.722. The molecule has 2 unspecified atom stereocenters. The number of rotatable bonds is 11. The Morgan fingerprint density at radius 3 is 2.59 bits per heavy atom. The minimum atomic E-state index is -3.74. The fourth-order valence-corrected chi connectivity index (χ4v) is 6.37. The molecule has 1 aliphatic heterocycles. The van der Waals surface area contributed by atoms with Gasteiger partial charge < -0.3 is 4.74 Å². The Morgan fingerprint density at radius 1 is 1.22 bits per heavy atom. The van der Waals surface area contributed by atoms with E-state index in [9.17, 15) is 18.9 Å². The Kier molecular flexibility index (Phi) is 8.62. The number of aromatic amines is 1. The molecule has 2 aromatic rings. The van der Waals surface area contributed by atoms with Gasteiger partial charge in [0, 0.05) is 41.8 Å². The SMILES string of the molecule is CC(C)(C)C(=O)SCCOP(=O)(NCc1ccccc1)OC[C@H]1OC(n2ccc(=O)[nH]c2=O)CC12CC2. The van der Waals surface area contributed by atoms with Crippen molar-refractivity contribution in [3.05, 3.63) is 69.0 Å². The summed E-state index contributed by atoms with van der Waals surface area (Å²) in [4.78, 5) is 38.1. The zero-order valence-electron chi connectivity index (χ0n) is 21.3. The molecular formula is C25H34N3O7PS. The number of carbonyl (C=O) groups excluding carboxylic acids is 1. The Labute approximate surface area is 220 Å². The smallest absolute Gasteiger partial charge is 0.352 e. The highest BCUT2D eigenvalue weighted by molar-refractivity contribution is 8.13. The predicted octanol–water partition coefficient (Wildman–Crippen LogP) is 3.84. The molecule has 1 spiro atoms. The van der Waals surface area contributed by atoms with Crippen LogP contribution in [-0.4, -0.2) is 39.7 Å². The molecule has 10 nitrogen and oxygen atoms in total. The number of hydrogen-bond donors (Lipinski definition) is 2. The molecule has 3 atom stereocenters. The van der Waals surface area contributed by atoms with E-state index in [0.29, 0.717) is 12.2 Å². The van der Waals surface area contributed by atoms with E-state index in [0.717, 1.165) is 30.2 Å². The normalized spacial score (nSPS) is 22.1. The number of thioether (sulfide) groups is 1. The van der Waals surface area contributed by atoms with E-state index in [1.807, 2.05) is 51.1 Å². The van der Waals surface area contributed by atoms with Gasteiger partial charge in [-0.15, -0.1) is 0 Å². The van der Waals surface area contributed by atoms with Crippen LogP contribution in [0, 0.1) is 10.8 Å². The van der Waals surface area contributed by atoms with Crippen LogP contribution in [0.2, 0.25) is 0 Å². The zero-order valence-corrected chi connectivity index (χ0v) is 23.0. The Morgan fingerprint density at radius 2 is 1.95 bits per heavy atom. The molecule has 1 aromatic carbocycles. The average molecular weight is 552 g/mol. The third-order valence-electron chi connectivity index (χ3n) is 6.54. The standard InChI is InChI=1S/C25H34N3O7PS/c1-24(2,3)22(30)37-14-13-33-36(32,26-16-18-7-5-4-6-8-18)34-17-19-25(10-11-25)15-21(35-19)28-12-9-20(29)27-23(28)31/h4-9,12,19,21H,10-11,13-17H2,1-3H3,(H,26,32)(H,27,29,31)/t19-,21?,36?/m1/s1. The fraction of sp³-hybridized carbons (Fsp3) is 0.560. The van der Waals surface area contributed by atoms with Crippen LogP contribution < -0.4 is 16.3 Å². The lowest BCUT2D eigenvalue weighted by atomic mass is 9.98. The second-order valence-corrected chi connectivity index (χ2v) is 13.4. The molecule has 12 heteroatoms. The monoisotopic (exact) mass is 551 g/mol. The second-order valence-electron chi connectivity index (χ2n) is 10.5. The van der Waals surface area contributed by atoms with Crippen molar-refractivity contribution < 1.29 is 23.1 Å². The minimum absolute atomic E-state index is 0.0156. The number of ether oxygens (including phenoxy) is 1. The van der Waals surface area contributed by atoms with Crippen LogP contribution in [-0.2, 0) is 29.7 Å². The van der Waals surface area contributed by atoms with Crippen molar-refractivity contribution in [3.8, 4) is 0 Å². The van der Waals surface area contributed by atoms with Gasteiger partial charge in [-0.25, -0.2) is 14.4 Å². The van der Waals surface area contributed by atoms with Crippen LogP contribution >= 0.6 is 19.5 Å². The van der Waals surface area contributed by atoms with Gasteiger partial charge in [-0.2, -0.15) is 0 Å². The van der Waals surface area contributed by atoms with E-state index >= 15 is 0 Å². The molecule has 1 saturated heterocycles. The van der Waals surface area contributed by atoms with Crippen molar-refractivity contribution >= 4 is 24.6 Å². The van der Waals surface area contributed by atoms with Crippen molar-refractivity contribution in [2.75, 3.05) is 19.0 Å². The van der Waals surface area contributed by atoms with Crippen LogP contribution in [0.15, 0.2) is 52.2 Å². The van der Waals surface area contributed by atoms with E-state index in [1.165, 1.54) is 16.8 Å². The minimum Gasteiger partial charge on any atom is -0.352 e. The fourth-order valence-electron chi connectivity index (χ4n) is 4.17. The van der Waals surface area contributed by atoms with Crippen molar-refractivity contribution in [2.45, 2.75) is 58.9 Å². The van der Waals surface area contributed by atoms with Gasteiger partial charge in [-0.1, -0.05) is 62.9 Å². The van der Waals surface area contributed by atoms with Gasteiger partial charge in [0.15, 0.2) is 5.12 Å². The lowest BCUT2D eigenvalue weighted by Gasteiger charge is -2.23. The maximum atomic E-state index is 13.7. The number of hydrogen-bond acceptors (Lipinski definition) is 8. The highest BCUT2D eigenvalue weighted by Crippen LogP contribution is 2.61. The molecule has 2 fully saturated rings. The first-order valence-corrected chi connectivity index (χ1v) is 14.8.